The van der Waals surface area contributed by atoms with E-state index in [0.717, 1.165) is 0 Å². The van der Waals surface area contributed by atoms with E-state index in [1.54, 1.807) is 0 Å². The van der Waals surface area contributed by atoms with Gasteiger partial charge in [-0.1, -0.05) is 52.0 Å². The quantitative estimate of drug-likeness (QED) is 0.777. The Labute approximate surface area is 92.9 Å². The van der Waals surface area contributed by atoms with Crippen LogP contribution in [0.1, 0.15) is 44.9 Å². The van der Waals surface area contributed by atoms with Gasteiger partial charge in [0.25, 0.3) is 0 Å². The Balaban J connectivity index is 2.34. The van der Waals surface area contributed by atoms with Gasteiger partial charge in [0.05, 0.1) is 0 Å². The van der Waals surface area contributed by atoms with Crippen LogP contribution in [0, 0.1) is 5.41 Å². The second-order valence-electron chi connectivity index (χ2n) is 5.62. The monoisotopic (exact) mass is 203 g/mol. The van der Waals surface area contributed by atoms with Crippen LogP contribution in [0.2, 0.25) is 0 Å². The molecule has 0 saturated carbocycles. The third kappa shape index (κ3) is 1.93. The minimum atomic E-state index is 0.341. The Kier molecular flexibility index (Phi) is 2.59. The summed E-state index contributed by atoms with van der Waals surface area (Å²) in [7, 11) is 0. The third-order valence-corrected chi connectivity index (χ3v) is 3.29. The maximum absolute atomic E-state index is 3.69. The van der Waals surface area contributed by atoms with E-state index in [1.165, 1.54) is 17.5 Å². The van der Waals surface area contributed by atoms with E-state index < -0.39 is 0 Å². The van der Waals surface area contributed by atoms with Gasteiger partial charge in [0, 0.05) is 12.1 Å². The number of benzene rings is 1. The first-order chi connectivity index (χ1) is 7.00. The minimum absolute atomic E-state index is 0.341. The molecule has 0 saturated heterocycles. The van der Waals surface area contributed by atoms with E-state index in [9.17, 15) is 0 Å². The van der Waals surface area contributed by atoms with Crippen molar-refractivity contribution in [3.8, 4) is 0 Å². The molecule has 2 rings (SSSR count). The highest BCUT2D eigenvalue weighted by Crippen LogP contribution is 2.45. The molecule has 0 aromatic heterocycles. The molecule has 0 amide bonds. The van der Waals surface area contributed by atoms with Crippen molar-refractivity contribution in [3.63, 3.8) is 0 Å². The largest absolute Gasteiger partial charge is 0.307 e. The average molecular weight is 203 g/mol. The predicted octanol–water partition coefficient (Wildman–Crippen LogP) is 3.31. The lowest BCUT2D eigenvalue weighted by molar-refractivity contribution is 0.256. The van der Waals surface area contributed by atoms with E-state index in [-0.39, 0.29) is 0 Å². The van der Waals surface area contributed by atoms with Crippen LogP contribution in [0.15, 0.2) is 24.3 Å². The number of hydrogen-bond acceptors (Lipinski definition) is 1. The first-order valence-electron chi connectivity index (χ1n) is 5.84. The number of rotatable bonds is 2. The van der Waals surface area contributed by atoms with Gasteiger partial charge in [0.1, 0.15) is 0 Å². The van der Waals surface area contributed by atoms with Crippen molar-refractivity contribution >= 4 is 0 Å². The molecule has 0 heterocycles. The van der Waals surface area contributed by atoms with Gasteiger partial charge in [-0.05, 0) is 23.0 Å². The van der Waals surface area contributed by atoms with Crippen LogP contribution < -0.4 is 5.32 Å². The van der Waals surface area contributed by atoms with Gasteiger partial charge in [0.15, 0.2) is 0 Å². The van der Waals surface area contributed by atoms with E-state index >= 15 is 0 Å². The highest BCUT2D eigenvalue weighted by atomic mass is 15.0. The Morgan fingerprint density at radius 1 is 1.27 bits per heavy atom. The molecule has 1 N–H and O–H groups in total. The van der Waals surface area contributed by atoms with Crippen molar-refractivity contribution in [1.29, 1.82) is 0 Å². The topological polar surface area (TPSA) is 12.0 Å². The molecule has 0 spiro atoms. The minimum Gasteiger partial charge on any atom is -0.307 e. The molecule has 0 aliphatic heterocycles. The van der Waals surface area contributed by atoms with E-state index in [1.807, 2.05) is 0 Å². The summed E-state index contributed by atoms with van der Waals surface area (Å²) >= 11 is 0. The van der Waals surface area contributed by atoms with Crippen LogP contribution in [-0.2, 0) is 6.42 Å². The predicted molar refractivity (Wildman–Crippen MR) is 64.9 cm³/mol. The van der Waals surface area contributed by atoms with Gasteiger partial charge in [-0.3, -0.25) is 0 Å². The second kappa shape index (κ2) is 3.64. The van der Waals surface area contributed by atoms with Crippen molar-refractivity contribution in [2.75, 3.05) is 0 Å². The molecule has 0 fully saturated rings. The maximum atomic E-state index is 3.69. The zero-order valence-corrected chi connectivity index (χ0v) is 10.2. The normalized spacial score (nSPS) is 23.1. The van der Waals surface area contributed by atoms with E-state index in [0.29, 0.717) is 17.5 Å². The van der Waals surface area contributed by atoms with Crippen molar-refractivity contribution in [1.82, 2.24) is 5.32 Å². The van der Waals surface area contributed by atoms with E-state index in [4.69, 9.17) is 0 Å². The fourth-order valence-electron chi connectivity index (χ4n) is 2.64. The number of nitrogens with one attached hydrogen (secondary N) is 1. The van der Waals surface area contributed by atoms with Crippen molar-refractivity contribution in [3.05, 3.63) is 35.4 Å². The summed E-state index contributed by atoms with van der Waals surface area (Å²) in [6.45, 7) is 9.15. The summed E-state index contributed by atoms with van der Waals surface area (Å²) in [5.41, 5.74) is 3.35. The van der Waals surface area contributed by atoms with Gasteiger partial charge in [0.2, 0.25) is 0 Å². The molecule has 1 unspecified atom stereocenters. The first-order valence-corrected chi connectivity index (χ1v) is 5.84. The molecule has 1 heteroatoms. The molecule has 82 valence electrons. The molecule has 15 heavy (non-hydrogen) atoms. The molecule has 1 aromatic carbocycles. The summed E-state index contributed by atoms with van der Waals surface area (Å²) in [5.74, 6) is 0. The van der Waals surface area contributed by atoms with Crippen LogP contribution in [-0.4, -0.2) is 6.04 Å². The van der Waals surface area contributed by atoms with Gasteiger partial charge < -0.3 is 5.32 Å². The highest BCUT2D eigenvalue weighted by molar-refractivity contribution is 5.37. The van der Waals surface area contributed by atoms with Gasteiger partial charge >= 0.3 is 0 Å². The lowest BCUT2D eigenvalue weighted by Crippen LogP contribution is -2.35. The fourth-order valence-corrected chi connectivity index (χ4v) is 2.64. The molecule has 1 aliphatic carbocycles. The number of fused-ring (bicyclic) bond motifs is 1. The maximum Gasteiger partial charge on any atom is 0.0379 e. The average Bonchev–Trinajstić information content (AvgIpc) is 2.37. The molecule has 0 bridgehead atoms. The zero-order valence-electron chi connectivity index (χ0n) is 10.2. The Morgan fingerprint density at radius 3 is 2.60 bits per heavy atom. The van der Waals surface area contributed by atoms with Gasteiger partial charge in [-0.15, -0.1) is 0 Å². The fraction of sp³-hybridized carbons (Fsp3) is 0.571. The first kappa shape index (κ1) is 10.7. The lowest BCUT2D eigenvalue weighted by atomic mass is 9.85. The van der Waals surface area contributed by atoms with Crippen LogP contribution in [0.25, 0.3) is 0 Å². The summed E-state index contributed by atoms with van der Waals surface area (Å²) < 4.78 is 0. The highest BCUT2D eigenvalue weighted by Gasteiger charge is 2.38. The summed E-state index contributed by atoms with van der Waals surface area (Å²) in [6.07, 6.45) is 1.19. The van der Waals surface area contributed by atoms with Crippen LogP contribution >= 0.6 is 0 Å². The molecule has 1 aliphatic rings. The van der Waals surface area contributed by atoms with Crippen molar-refractivity contribution in [2.45, 2.75) is 46.2 Å². The SMILES string of the molecule is CC(C)NC1c2ccccc2CC1(C)C. The van der Waals surface area contributed by atoms with Crippen LogP contribution in [0.5, 0.6) is 0 Å². The summed E-state index contributed by atoms with van der Waals surface area (Å²) in [4.78, 5) is 0. The molecule has 1 aromatic rings. The number of hydrogen-bond donors (Lipinski definition) is 1. The smallest absolute Gasteiger partial charge is 0.0379 e. The van der Waals surface area contributed by atoms with E-state index in [2.05, 4.69) is 57.3 Å². The summed E-state index contributed by atoms with van der Waals surface area (Å²) in [6, 6.07) is 9.87. The molecular weight excluding hydrogens is 182 g/mol. The Bertz CT molecular complexity index is 352. The van der Waals surface area contributed by atoms with Gasteiger partial charge in [-0.2, -0.15) is 0 Å². The Hall–Kier alpha value is -0.820. The van der Waals surface area contributed by atoms with Crippen LogP contribution in [0.4, 0.5) is 0 Å². The molecular formula is C14H21N. The molecule has 1 nitrogen and oxygen atoms in total. The second-order valence-corrected chi connectivity index (χ2v) is 5.62. The standard InChI is InChI=1S/C14H21N/c1-10(2)15-13-12-8-6-5-7-11(12)9-14(13,3)4/h5-8,10,13,15H,9H2,1-4H3. The van der Waals surface area contributed by atoms with Crippen molar-refractivity contribution in [2.24, 2.45) is 5.41 Å². The van der Waals surface area contributed by atoms with Crippen LogP contribution in [0.3, 0.4) is 0 Å². The zero-order chi connectivity index (χ0) is 11.1. The Morgan fingerprint density at radius 2 is 1.93 bits per heavy atom. The third-order valence-electron chi connectivity index (χ3n) is 3.29. The molecule has 0 radical (unpaired) electrons. The molecule has 1 atom stereocenters. The lowest BCUT2D eigenvalue weighted by Gasteiger charge is -2.30. The summed E-state index contributed by atoms with van der Waals surface area (Å²) in [5, 5.41) is 3.69. The van der Waals surface area contributed by atoms with Crippen molar-refractivity contribution < 1.29 is 0 Å². The van der Waals surface area contributed by atoms with Gasteiger partial charge in [-0.25, -0.2) is 0 Å².